The third-order valence-electron chi connectivity index (χ3n) is 3.46. The van der Waals surface area contributed by atoms with Gasteiger partial charge in [0.15, 0.2) is 11.0 Å². The molecule has 1 amide bonds. The number of nitrogens with one attached hydrogen (secondary N) is 1. The Hall–Kier alpha value is -3.01. The molecule has 0 saturated heterocycles. The first-order chi connectivity index (χ1) is 13.0. The first kappa shape index (κ1) is 18.8. The average Bonchev–Trinajstić information content (AvgIpc) is 3.02. The zero-order valence-electron chi connectivity index (χ0n) is 14.2. The van der Waals surface area contributed by atoms with Crippen LogP contribution in [-0.4, -0.2) is 38.0 Å². The molecule has 0 unspecified atom stereocenters. The Balaban J connectivity index is 1.63. The summed E-state index contributed by atoms with van der Waals surface area (Å²) in [5.74, 6) is 0.184. The van der Waals surface area contributed by atoms with Crippen molar-refractivity contribution in [1.82, 2.24) is 19.7 Å². The summed E-state index contributed by atoms with van der Waals surface area (Å²) in [6, 6.07) is 9.66. The molecular formula is C17H15F2N5O2S. The van der Waals surface area contributed by atoms with Crippen LogP contribution in [0, 0.1) is 0 Å². The molecule has 0 aliphatic heterocycles. The van der Waals surface area contributed by atoms with Crippen molar-refractivity contribution < 1.29 is 18.3 Å². The summed E-state index contributed by atoms with van der Waals surface area (Å²) in [4.78, 5) is 16.2. The summed E-state index contributed by atoms with van der Waals surface area (Å²) in [6.07, 6.45) is 3.33. The van der Waals surface area contributed by atoms with Gasteiger partial charge in [-0.25, -0.2) is 0 Å². The van der Waals surface area contributed by atoms with Crippen LogP contribution < -0.4 is 10.1 Å². The lowest BCUT2D eigenvalue weighted by molar-refractivity contribution is -0.113. The molecular weight excluding hydrogens is 376 g/mol. The van der Waals surface area contributed by atoms with Crippen molar-refractivity contribution in [2.75, 3.05) is 11.1 Å². The van der Waals surface area contributed by atoms with Gasteiger partial charge in [0.2, 0.25) is 5.91 Å². The molecule has 1 aromatic carbocycles. The van der Waals surface area contributed by atoms with Crippen molar-refractivity contribution in [2.24, 2.45) is 7.05 Å². The van der Waals surface area contributed by atoms with Gasteiger partial charge in [0, 0.05) is 25.0 Å². The number of hydrogen-bond acceptors (Lipinski definition) is 6. The summed E-state index contributed by atoms with van der Waals surface area (Å²) < 4.78 is 31.0. The lowest BCUT2D eigenvalue weighted by Gasteiger charge is -2.11. The second-order valence-corrected chi connectivity index (χ2v) is 6.26. The van der Waals surface area contributed by atoms with E-state index in [-0.39, 0.29) is 23.1 Å². The number of hydrogen-bond donors (Lipinski definition) is 1. The Bertz CT molecular complexity index is 921. The number of rotatable bonds is 7. The highest BCUT2D eigenvalue weighted by Crippen LogP contribution is 2.26. The Morgan fingerprint density at radius 2 is 2.07 bits per heavy atom. The fraction of sp³-hybridized carbons (Fsp3) is 0.176. The number of nitrogens with zero attached hydrogens (tertiary/aromatic N) is 4. The monoisotopic (exact) mass is 391 g/mol. The van der Waals surface area contributed by atoms with E-state index in [0.29, 0.717) is 11.0 Å². The van der Waals surface area contributed by atoms with E-state index in [1.807, 2.05) is 6.07 Å². The minimum absolute atomic E-state index is 0.0298. The minimum Gasteiger partial charge on any atom is -0.433 e. The van der Waals surface area contributed by atoms with Crippen LogP contribution in [0.1, 0.15) is 0 Å². The highest BCUT2D eigenvalue weighted by Gasteiger charge is 2.15. The summed E-state index contributed by atoms with van der Waals surface area (Å²) in [6.45, 7) is -2.97. The van der Waals surface area contributed by atoms with E-state index in [2.05, 4.69) is 25.2 Å². The van der Waals surface area contributed by atoms with Gasteiger partial charge < -0.3 is 14.6 Å². The molecule has 1 N–H and O–H groups in total. The van der Waals surface area contributed by atoms with E-state index in [4.69, 9.17) is 0 Å². The Kier molecular flexibility index (Phi) is 5.97. The molecule has 0 atom stereocenters. The zero-order chi connectivity index (χ0) is 19.2. The maximum Gasteiger partial charge on any atom is 0.387 e. The van der Waals surface area contributed by atoms with Gasteiger partial charge in [0.1, 0.15) is 5.75 Å². The number of halogens is 2. The van der Waals surface area contributed by atoms with Gasteiger partial charge in [0.25, 0.3) is 0 Å². The first-order valence-electron chi connectivity index (χ1n) is 7.81. The number of pyridine rings is 1. The van der Waals surface area contributed by atoms with Gasteiger partial charge in [-0.05, 0) is 24.3 Å². The molecule has 0 saturated carbocycles. The van der Waals surface area contributed by atoms with Crippen LogP contribution in [0.15, 0.2) is 53.9 Å². The molecule has 10 heteroatoms. The third kappa shape index (κ3) is 4.79. The van der Waals surface area contributed by atoms with Crippen LogP contribution in [0.25, 0.3) is 11.4 Å². The van der Waals surface area contributed by atoms with Crippen molar-refractivity contribution in [3.05, 3.63) is 48.8 Å². The molecule has 0 fully saturated rings. The molecule has 27 heavy (non-hydrogen) atoms. The Morgan fingerprint density at radius 3 is 2.81 bits per heavy atom. The second-order valence-electron chi connectivity index (χ2n) is 5.32. The van der Waals surface area contributed by atoms with Crippen molar-refractivity contribution >= 4 is 23.4 Å². The van der Waals surface area contributed by atoms with E-state index < -0.39 is 6.61 Å². The molecule has 0 spiro atoms. The predicted molar refractivity (Wildman–Crippen MR) is 96.7 cm³/mol. The normalized spacial score (nSPS) is 10.8. The highest BCUT2D eigenvalue weighted by molar-refractivity contribution is 7.99. The van der Waals surface area contributed by atoms with Gasteiger partial charge in [-0.1, -0.05) is 23.9 Å². The van der Waals surface area contributed by atoms with Crippen LogP contribution in [0.5, 0.6) is 5.75 Å². The molecule has 0 radical (unpaired) electrons. The molecule has 3 aromatic rings. The number of carbonyl (C=O) groups excluding carboxylic acids is 1. The molecule has 2 heterocycles. The summed E-state index contributed by atoms with van der Waals surface area (Å²) in [5, 5.41) is 11.3. The number of carbonyl (C=O) groups is 1. The topological polar surface area (TPSA) is 81.9 Å². The number of alkyl halides is 2. The standard InChI is InChI=1S/C17H15F2N5O2S/c1-24-15(11-5-4-8-20-9-11)22-23-17(24)27-10-14(25)21-12-6-2-3-7-13(12)26-16(18)19/h2-9,16H,10H2,1H3,(H,21,25). The zero-order valence-corrected chi connectivity index (χ0v) is 15.0. The molecule has 0 bridgehead atoms. The van der Waals surface area contributed by atoms with Crippen molar-refractivity contribution in [3.63, 3.8) is 0 Å². The van der Waals surface area contributed by atoms with Gasteiger partial charge in [-0.3, -0.25) is 9.78 Å². The van der Waals surface area contributed by atoms with Gasteiger partial charge >= 0.3 is 6.61 Å². The summed E-state index contributed by atoms with van der Waals surface area (Å²) >= 11 is 1.18. The van der Waals surface area contributed by atoms with Gasteiger partial charge in [-0.2, -0.15) is 8.78 Å². The number of anilines is 1. The maximum atomic E-state index is 12.4. The molecule has 2 aromatic heterocycles. The number of para-hydroxylation sites is 2. The molecule has 0 aliphatic carbocycles. The summed E-state index contributed by atoms with van der Waals surface area (Å²) in [5.41, 5.74) is 0.985. The van der Waals surface area contributed by atoms with E-state index in [9.17, 15) is 13.6 Å². The number of aromatic nitrogens is 4. The van der Waals surface area contributed by atoms with E-state index in [1.165, 1.54) is 23.9 Å². The average molecular weight is 391 g/mol. The minimum atomic E-state index is -2.97. The van der Waals surface area contributed by atoms with Crippen LogP contribution in [0.3, 0.4) is 0 Å². The quantitative estimate of drug-likeness (QED) is 0.623. The van der Waals surface area contributed by atoms with Crippen LogP contribution >= 0.6 is 11.8 Å². The largest absolute Gasteiger partial charge is 0.433 e. The highest BCUT2D eigenvalue weighted by atomic mass is 32.2. The Labute approximate surface area is 157 Å². The van der Waals surface area contributed by atoms with Crippen LogP contribution in [-0.2, 0) is 11.8 Å². The number of ether oxygens (including phenoxy) is 1. The van der Waals surface area contributed by atoms with E-state index >= 15 is 0 Å². The second kappa shape index (κ2) is 8.58. The molecule has 140 valence electrons. The van der Waals surface area contributed by atoms with Crippen molar-refractivity contribution in [2.45, 2.75) is 11.8 Å². The van der Waals surface area contributed by atoms with E-state index in [1.54, 1.807) is 42.2 Å². The third-order valence-corrected chi connectivity index (χ3v) is 4.48. The molecule has 7 nitrogen and oxygen atoms in total. The van der Waals surface area contributed by atoms with Crippen molar-refractivity contribution in [3.8, 4) is 17.1 Å². The molecule has 3 rings (SSSR count). The van der Waals surface area contributed by atoms with Crippen LogP contribution in [0.4, 0.5) is 14.5 Å². The fourth-order valence-electron chi connectivity index (χ4n) is 2.27. The fourth-order valence-corrected chi connectivity index (χ4v) is 2.98. The smallest absolute Gasteiger partial charge is 0.387 e. The number of amides is 1. The summed E-state index contributed by atoms with van der Waals surface area (Å²) in [7, 11) is 1.79. The predicted octanol–water partition coefficient (Wildman–Crippen LogP) is 3.21. The lowest BCUT2D eigenvalue weighted by Crippen LogP contribution is -2.16. The first-order valence-corrected chi connectivity index (χ1v) is 8.79. The number of thioether (sulfide) groups is 1. The van der Waals surface area contributed by atoms with Crippen LogP contribution in [0.2, 0.25) is 0 Å². The Morgan fingerprint density at radius 1 is 1.26 bits per heavy atom. The lowest BCUT2D eigenvalue weighted by atomic mass is 10.3. The maximum absolute atomic E-state index is 12.4. The molecule has 0 aliphatic rings. The SMILES string of the molecule is Cn1c(SCC(=O)Nc2ccccc2OC(F)F)nnc1-c1cccnc1. The van der Waals surface area contributed by atoms with E-state index in [0.717, 1.165) is 5.56 Å². The van der Waals surface area contributed by atoms with Gasteiger partial charge in [0.05, 0.1) is 11.4 Å². The van der Waals surface area contributed by atoms with Crippen molar-refractivity contribution in [1.29, 1.82) is 0 Å². The number of benzene rings is 1. The van der Waals surface area contributed by atoms with Gasteiger partial charge in [-0.15, -0.1) is 10.2 Å².